The maximum absolute atomic E-state index is 5.30. The Bertz CT molecular complexity index is 193. The Morgan fingerprint density at radius 3 is 2.56 bits per heavy atom. The van der Waals surface area contributed by atoms with Crippen LogP contribution in [0, 0.1) is 0 Å². The van der Waals surface area contributed by atoms with Crippen molar-refractivity contribution >= 4 is 0 Å². The fraction of sp³-hybridized carbons (Fsp3) is 1.00. The lowest BCUT2D eigenvalue weighted by molar-refractivity contribution is 0.128. The number of likely N-dealkylation sites (N-methyl/N-ethyl adjacent to an activating group) is 1. The lowest BCUT2D eigenvalue weighted by atomic mass is 10.0. The zero-order valence-corrected chi connectivity index (χ0v) is 12.5. The van der Waals surface area contributed by atoms with Gasteiger partial charge in [-0.25, -0.2) is 0 Å². The molecule has 0 spiro atoms. The number of piperidine rings is 1. The van der Waals surface area contributed by atoms with Crippen molar-refractivity contribution in [3.63, 3.8) is 0 Å². The Kier molecular flexibility index (Phi) is 8.59. The van der Waals surface area contributed by atoms with Crippen molar-refractivity contribution in [1.29, 1.82) is 0 Å². The highest BCUT2D eigenvalue weighted by molar-refractivity contribution is 4.77. The lowest BCUT2D eigenvalue weighted by Gasteiger charge is -2.36. The van der Waals surface area contributed by atoms with Crippen molar-refractivity contribution in [1.82, 2.24) is 15.1 Å². The molecule has 0 aromatic heterocycles. The average Bonchev–Trinajstić information content (AvgIpc) is 2.42. The van der Waals surface area contributed by atoms with E-state index in [-0.39, 0.29) is 0 Å². The molecule has 1 aliphatic heterocycles. The van der Waals surface area contributed by atoms with Crippen molar-refractivity contribution in [2.24, 2.45) is 0 Å². The first kappa shape index (κ1) is 15.9. The maximum Gasteiger partial charge on any atom is 0.0590 e. The number of likely N-dealkylation sites (tertiary alicyclic amines) is 1. The molecule has 4 nitrogen and oxygen atoms in total. The molecule has 1 fully saturated rings. The fourth-order valence-corrected chi connectivity index (χ4v) is 2.53. The monoisotopic (exact) mass is 257 g/mol. The normalized spacial score (nSPS) is 18.7. The summed E-state index contributed by atoms with van der Waals surface area (Å²) in [5, 5.41) is 3.43. The number of hydrogen-bond acceptors (Lipinski definition) is 4. The van der Waals surface area contributed by atoms with Gasteiger partial charge in [-0.3, -0.25) is 0 Å². The predicted molar refractivity (Wildman–Crippen MR) is 77.1 cm³/mol. The zero-order chi connectivity index (χ0) is 13.2. The standard InChI is InChI=1S/C14H31N3O/c1-4-17-10-6-14(7-11-17)16(3)12-8-15-9-13-18-5-2/h14-15H,4-13H2,1-3H3. The fourth-order valence-electron chi connectivity index (χ4n) is 2.53. The minimum Gasteiger partial charge on any atom is -0.380 e. The van der Waals surface area contributed by atoms with Crippen LogP contribution in [0.4, 0.5) is 0 Å². The minimum atomic E-state index is 0.779. The highest BCUT2D eigenvalue weighted by Gasteiger charge is 2.20. The minimum absolute atomic E-state index is 0.779. The van der Waals surface area contributed by atoms with Crippen molar-refractivity contribution in [2.75, 3.05) is 59.5 Å². The van der Waals surface area contributed by atoms with Crippen LogP contribution in [-0.2, 0) is 4.74 Å². The van der Waals surface area contributed by atoms with Crippen LogP contribution < -0.4 is 5.32 Å². The molecule has 0 bridgehead atoms. The topological polar surface area (TPSA) is 27.7 Å². The third-order valence-electron chi connectivity index (χ3n) is 3.90. The highest BCUT2D eigenvalue weighted by atomic mass is 16.5. The molecule has 0 amide bonds. The Labute approximate surface area is 113 Å². The van der Waals surface area contributed by atoms with Crippen LogP contribution in [0.3, 0.4) is 0 Å². The van der Waals surface area contributed by atoms with Crippen molar-refractivity contribution in [3.05, 3.63) is 0 Å². The second-order valence-corrected chi connectivity index (χ2v) is 5.09. The molecule has 108 valence electrons. The summed E-state index contributed by atoms with van der Waals surface area (Å²) in [6, 6.07) is 0.779. The van der Waals surface area contributed by atoms with Crippen LogP contribution in [0.25, 0.3) is 0 Å². The van der Waals surface area contributed by atoms with Gasteiger partial charge in [0.05, 0.1) is 6.61 Å². The lowest BCUT2D eigenvalue weighted by Crippen LogP contribution is -2.45. The zero-order valence-electron chi connectivity index (χ0n) is 12.5. The van der Waals surface area contributed by atoms with Crippen LogP contribution in [0.15, 0.2) is 0 Å². The van der Waals surface area contributed by atoms with E-state index in [0.717, 1.165) is 38.9 Å². The van der Waals surface area contributed by atoms with Crippen LogP contribution in [0.2, 0.25) is 0 Å². The van der Waals surface area contributed by atoms with E-state index in [9.17, 15) is 0 Å². The van der Waals surface area contributed by atoms with Gasteiger partial charge >= 0.3 is 0 Å². The SMILES string of the molecule is CCOCCNCCN(C)C1CCN(CC)CC1. The van der Waals surface area contributed by atoms with Gasteiger partial charge in [0.2, 0.25) is 0 Å². The van der Waals surface area contributed by atoms with Crippen LogP contribution in [0.1, 0.15) is 26.7 Å². The Balaban J connectivity index is 2.01. The van der Waals surface area contributed by atoms with Gasteiger partial charge in [-0.2, -0.15) is 0 Å². The first-order valence-electron chi connectivity index (χ1n) is 7.49. The van der Waals surface area contributed by atoms with Gasteiger partial charge in [-0.15, -0.1) is 0 Å². The Morgan fingerprint density at radius 2 is 1.94 bits per heavy atom. The number of ether oxygens (including phenoxy) is 1. The quantitative estimate of drug-likeness (QED) is 0.624. The molecule has 4 heteroatoms. The van der Waals surface area contributed by atoms with Crippen molar-refractivity contribution < 1.29 is 4.74 Å². The molecule has 1 saturated heterocycles. The third-order valence-corrected chi connectivity index (χ3v) is 3.90. The molecule has 0 aromatic carbocycles. The summed E-state index contributed by atoms with van der Waals surface area (Å²) in [5.41, 5.74) is 0. The summed E-state index contributed by atoms with van der Waals surface area (Å²) in [5.74, 6) is 0. The summed E-state index contributed by atoms with van der Waals surface area (Å²) >= 11 is 0. The van der Waals surface area contributed by atoms with E-state index < -0.39 is 0 Å². The molecule has 1 rings (SSSR count). The van der Waals surface area contributed by atoms with Crippen molar-refractivity contribution in [2.45, 2.75) is 32.7 Å². The Hall–Kier alpha value is -0.160. The first-order valence-corrected chi connectivity index (χ1v) is 7.49. The summed E-state index contributed by atoms with van der Waals surface area (Å²) in [4.78, 5) is 5.06. The van der Waals surface area contributed by atoms with Gasteiger partial charge < -0.3 is 19.9 Å². The molecule has 0 radical (unpaired) electrons. The molecule has 1 aliphatic rings. The van der Waals surface area contributed by atoms with Crippen LogP contribution in [0.5, 0.6) is 0 Å². The maximum atomic E-state index is 5.30. The van der Waals surface area contributed by atoms with Gasteiger partial charge in [-0.1, -0.05) is 6.92 Å². The molecular weight excluding hydrogens is 226 g/mol. The second kappa shape index (κ2) is 9.73. The smallest absolute Gasteiger partial charge is 0.0590 e. The number of nitrogens with one attached hydrogen (secondary N) is 1. The van der Waals surface area contributed by atoms with Gasteiger partial charge in [0, 0.05) is 32.3 Å². The summed E-state index contributed by atoms with van der Waals surface area (Å²) in [7, 11) is 2.26. The second-order valence-electron chi connectivity index (χ2n) is 5.09. The largest absolute Gasteiger partial charge is 0.380 e. The van der Waals surface area contributed by atoms with Gasteiger partial charge in [0.25, 0.3) is 0 Å². The molecule has 1 heterocycles. The van der Waals surface area contributed by atoms with Gasteiger partial charge in [0.15, 0.2) is 0 Å². The van der Waals surface area contributed by atoms with Crippen molar-refractivity contribution in [3.8, 4) is 0 Å². The first-order chi connectivity index (χ1) is 8.77. The van der Waals surface area contributed by atoms with Gasteiger partial charge in [0.1, 0.15) is 0 Å². The third kappa shape index (κ3) is 6.14. The molecule has 0 unspecified atom stereocenters. The molecule has 0 atom stereocenters. The molecule has 1 N–H and O–H groups in total. The van der Waals surface area contributed by atoms with Gasteiger partial charge in [-0.05, 0) is 46.4 Å². The van der Waals surface area contributed by atoms with E-state index in [1.54, 1.807) is 0 Å². The number of rotatable bonds is 9. The van der Waals surface area contributed by atoms with E-state index in [1.807, 2.05) is 6.92 Å². The molecule has 0 aliphatic carbocycles. The molecule has 0 saturated carbocycles. The van der Waals surface area contributed by atoms with E-state index >= 15 is 0 Å². The summed E-state index contributed by atoms with van der Waals surface area (Å²) in [6.07, 6.45) is 2.65. The summed E-state index contributed by atoms with van der Waals surface area (Å²) < 4.78 is 5.30. The average molecular weight is 257 g/mol. The number of hydrogen-bond donors (Lipinski definition) is 1. The van der Waals surface area contributed by atoms with E-state index in [1.165, 1.54) is 32.5 Å². The molecule has 18 heavy (non-hydrogen) atoms. The van der Waals surface area contributed by atoms with Crippen LogP contribution in [-0.4, -0.2) is 75.4 Å². The van der Waals surface area contributed by atoms with Crippen LogP contribution >= 0.6 is 0 Å². The highest BCUT2D eigenvalue weighted by Crippen LogP contribution is 2.14. The predicted octanol–water partition coefficient (Wildman–Crippen LogP) is 1.03. The number of nitrogens with zero attached hydrogens (tertiary/aromatic N) is 2. The Morgan fingerprint density at radius 1 is 1.22 bits per heavy atom. The summed E-state index contributed by atoms with van der Waals surface area (Å²) in [6.45, 7) is 12.9. The van der Waals surface area contributed by atoms with E-state index in [0.29, 0.717) is 0 Å². The molecule has 0 aromatic rings. The van der Waals surface area contributed by atoms with E-state index in [2.05, 4.69) is 29.1 Å². The van der Waals surface area contributed by atoms with E-state index in [4.69, 9.17) is 4.74 Å². The molecular formula is C14H31N3O.